The van der Waals surface area contributed by atoms with Crippen molar-refractivity contribution in [3.8, 4) is 5.75 Å². The van der Waals surface area contributed by atoms with Crippen LogP contribution in [-0.2, 0) is 4.79 Å². The molecule has 1 heterocycles. The molecule has 0 atom stereocenters. The number of hydrogen-bond donors (Lipinski definition) is 1. The summed E-state index contributed by atoms with van der Waals surface area (Å²) in [6.07, 6.45) is 1.32. The highest BCUT2D eigenvalue weighted by molar-refractivity contribution is 5.97. The number of hydrogen-bond acceptors (Lipinski definition) is 2. The molecule has 78 valence electrons. The van der Waals surface area contributed by atoms with E-state index in [1.54, 1.807) is 0 Å². The van der Waals surface area contributed by atoms with E-state index in [4.69, 9.17) is 4.74 Å². The van der Waals surface area contributed by atoms with Crippen molar-refractivity contribution in [1.82, 2.24) is 0 Å². The van der Waals surface area contributed by atoms with Crippen molar-refractivity contribution < 1.29 is 18.3 Å². The second-order valence-electron chi connectivity index (χ2n) is 3.01. The molecule has 0 saturated heterocycles. The zero-order chi connectivity index (χ0) is 11.0. The Morgan fingerprint density at radius 3 is 2.93 bits per heavy atom. The van der Waals surface area contributed by atoms with E-state index in [9.17, 15) is 13.6 Å². The Labute approximate surface area is 84.4 Å². The number of halogens is 2. The highest BCUT2D eigenvalue weighted by Crippen LogP contribution is 2.36. The summed E-state index contributed by atoms with van der Waals surface area (Å²) in [4.78, 5) is 11.0. The molecule has 3 nitrogen and oxygen atoms in total. The van der Waals surface area contributed by atoms with E-state index in [-0.39, 0.29) is 23.6 Å². The normalized spacial score (nSPS) is 13.9. The van der Waals surface area contributed by atoms with Crippen molar-refractivity contribution in [2.24, 2.45) is 0 Å². The molecule has 0 saturated carbocycles. The van der Waals surface area contributed by atoms with E-state index in [0.717, 1.165) is 6.07 Å². The maximum absolute atomic E-state index is 13.2. The number of nitrogens with one attached hydrogen (secondary N) is 1. The van der Waals surface area contributed by atoms with E-state index < -0.39 is 17.5 Å². The molecule has 0 aliphatic carbocycles. The van der Waals surface area contributed by atoms with Crippen molar-refractivity contribution in [3.63, 3.8) is 0 Å². The Kier molecular flexibility index (Phi) is 2.15. The Morgan fingerprint density at radius 1 is 1.53 bits per heavy atom. The standard InChI is InChI=1S/C10H7F2NO2/c1-2-5-3-6(11)8(12)10-9(5)13-7(14)4-15-10/h2-3H,1,4H2,(H,13,14). The molecule has 2 rings (SSSR count). The summed E-state index contributed by atoms with van der Waals surface area (Å²) in [5.41, 5.74) is 0.414. The number of amides is 1. The summed E-state index contributed by atoms with van der Waals surface area (Å²) in [5, 5.41) is 2.41. The number of carbonyl (C=O) groups is 1. The fourth-order valence-electron chi connectivity index (χ4n) is 1.36. The predicted molar refractivity (Wildman–Crippen MR) is 50.6 cm³/mol. The lowest BCUT2D eigenvalue weighted by Gasteiger charge is -2.20. The fraction of sp³-hybridized carbons (Fsp3) is 0.100. The van der Waals surface area contributed by atoms with Crippen molar-refractivity contribution in [2.45, 2.75) is 0 Å². The van der Waals surface area contributed by atoms with E-state index in [1.807, 2.05) is 0 Å². The molecule has 0 radical (unpaired) electrons. The Balaban J connectivity index is 2.66. The van der Waals surface area contributed by atoms with Crippen LogP contribution in [0.5, 0.6) is 5.75 Å². The van der Waals surface area contributed by atoms with Crippen LogP contribution < -0.4 is 10.1 Å². The van der Waals surface area contributed by atoms with E-state index in [1.165, 1.54) is 6.08 Å². The van der Waals surface area contributed by atoms with Crippen LogP contribution in [0.25, 0.3) is 6.08 Å². The number of rotatable bonds is 1. The summed E-state index contributed by atoms with van der Waals surface area (Å²) in [6, 6.07) is 0.954. The van der Waals surface area contributed by atoms with Crippen LogP contribution in [0, 0.1) is 11.6 Å². The molecule has 1 N–H and O–H groups in total. The van der Waals surface area contributed by atoms with Crippen LogP contribution in [0.4, 0.5) is 14.5 Å². The lowest BCUT2D eigenvalue weighted by Crippen LogP contribution is -2.27. The van der Waals surface area contributed by atoms with Gasteiger partial charge in [-0.05, 0) is 6.07 Å². The molecule has 0 aromatic heterocycles. The zero-order valence-electron chi connectivity index (χ0n) is 7.64. The molecule has 0 fully saturated rings. The molecule has 0 unspecified atom stereocenters. The van der Waals surface area contributed by atoms with Crippen molar-refractivity contribution >= 4 is 17.7 Å². The van der Waals surface area contributed by atoms with Crippen LogP contribution >= 0.6 is 0 Å². The highest BCUT2D eigenvalue weighted by Gasteiger charge is 2.24. The summed E-state index contributed by atoms with van der Waals surface area (Å²) in [7, 11) is 0. The van der Waals surface area contributed by atoms with Gasteiger partial charge in [-0.25, -0.2) is 4.39 Å². The monoisotopic (exact) mass is 211 g/mol. The Bertz CT molecular complexity index is 457. The van der Waals surface area contributed by atoms with Gasteiger partial charge < -0.3 is 10.1 Å². The number of ether oxygens (including phenoxy) is 1. The average Bonchev–Trinajstić information content (AvgIpc) is 2.23. The maximum Gasteiger partial charge on any atom is 0.262 e. The first-order valence-electron chi connectivity index (χ1n) is 4.20. The minimum atomic E-state index is -1.10. The van der Waals surface area contributed by atoms with E-state index >= 15 is 0 Å². The van der Waals surface area contributed by atoms with Gasteiger partial charge in [0.2, 0.25) is 5.82 Å². The summed E-state index contributed by atoms with van der Waals surface area (Å²) >= 11 is 0. The molecule has 0 spiro atoms. The topological polar surface area (TPSA) is 38.3 Å². The van der Waals surface area contributed by atoms with E-state index in [0.29, 0.717) is 0 Å². The Morgan fingerprint density at radius 2 is 2.27 bits per heavy atom. The van der Waals surface area contributed by atoms with Gasteiger partial charge in [-0.3, -0.25) is 4.79 Å². The smallest absolute Gasteiger partial charge is 0.262 e. The zero-order valence-corrected chi connectivity index (χ0v) is 7.64. The second-order valence-corrected chi connectivity index (χ2v) is 3.01. The minimum absolute atomic E-state index is 0.125. The van der Waals surface area contributed by atoms with Gasteiger partial charge in [-0.15, -0.1) is 0 Å². The van der Waals surface area contributed by atoms with Gasteiger partial charge in [0.05, 0.1) is 5.69 Å². The first-order valence-corrected chi connectivity index (χ1v) is 4.20. The molecule has 5 heteroatoms. The van der Waals surface area contributed by atoms with Crippen LogP contribution in [0.2, 0.25) is 0 Å². The first-order chi connectivity index (χ1) is 7.13. The first kappa shape index (κ1) is 9.64. The summed E-state index contributed by atoms with van der Waals surface area (Å²) in [6.45, 7) is 3.12. The molecule has 15 heavy (non-hydrogen) atoms. The van der Waals surface area contributed by atoms with Crippen LogP contribution in [0.1, 0.15) is 5.56 Å². The van der Waals surface area contributed by atoms with E-state index in [2.05, 4.69) is 11.9 Å². The maximum atomic E-state index is 13.2. The highest BCUT2D eigenvalue weighted by atomic mass is 19.2. The van der Waals surface area contributed by atoms with Gasteiger partial charge in [0.1, 0.15) is 0 Å². The molecular formula is C10H7F2NO2. The molecular weight excluding hydrogens is 204 g/mol. The van der Waals surface area contributed by atoms with Gasteiger partial charge in [-0.2, -0.15) is 4.39 Å². The van der Waals surface area contributed by atoms with Gasteiger partial charge in [-0.1, -0.05) is 12.7 Å². The minimum Gasteiger partial charge on any atom is -0.478 e. The van der Waals surface area contributed by atoms with Crippen molar-refractivity contribution in [2.75, 3.05) is 11.9 Å². The lowest BCUT2D eigenvalue weighted by atomic mass is 10.1. The molecule has 1 aliphatic rings. The molecule has 1 aromatic rings. The van der Waals surface area contributed by atoms with Gasteiger partial charge in [0, 0.05) is 5.56 Å². The Hall–Kier alpha value is -1.91. The van der Waals surface area contributed by atoms with Crippen molar-refractivity contribution in [1.29, 1.82) is 0 Å². The number of benzene rings is 1. The quantitative estimate of drug-likeness (QED) is 0.770. The lowest BCUT2D eigenvalue weighted by molar-refractivity contribution is -0.118. The largest absolute Gasteiger partial charge is 0.478 e. The number of fused-ring (bicyclic) bond motifs is 1. The summed E-state index contributed by atoms with van der Waals surface area (Å²) < 4.78 is 31.1. The van der Waals surface area contributed by atoms with Crippen molar-refractivity contribution in [3.05, 3.63) is 29.8 Å². The predicted octanol–water partition coefficient (Wildman–Crippen LogP) is 1.94. The molecule has 1 amide bonds. The van der Waals surface area contributed by atoms with Crippen LogP contribution in [0.3, 0.4) is 0 Å². The molecule has 1 aromatic carbocycles. The van der Waals surface area contributed by atoms with Gasteiger partial charge in [0.15, 0.2) is 18.2 Å². The second kappa shape index (κ2) is 3.34. The third-order valence-corrected chi connectivity index (χ3v) is 2.04. The summed E-state index contributed by atoms with van der Waals surface area (Å²) in [5.74, 6) is -2.81. The number of carbonyl (C=O) groups excluding carboxylic acids is 1. The number of anilines is 1. The fourth-order valence-corrected chi connectivity index (χ4v) is 1.36. The SMILES string of the molecule is C=Cc1cc(F)c(F)c2c1NC(=O)CO2. The van der Waals surface area contributed by atoms with Crippen LogP contribution in [-0.4, -0.2) is 12.5 Å². The van der Waals surface area contributed by atoms with Gasteiger partial charge >= 0.3 is 0 Å². The molecule has 1 aliphatic heterocycles. The van der Waals surface area contributed by atoms with Gasteiger partial charge in [0.25, 0.3) is 5.91 Å². The molecule has 0 bridgehead atoms. The third-order valence-electron chi connectivity index (χ3n) is 2.04. The average molecular weight is 211 g/mol. The van der Waals surface area contributed by atoms with Crippen LogP contribution in [0.15, 0.2) is 12.6 Å². The third kappa shape index (κ3) is 1.45.